The molecule has 1 aliphatic rings. The molecule has 4 aromatic rings. The number of carboxylic acids is 1. The number of carbonyl (C=O) groups excluding carboxylic acids is 1. The van der Waals surface area contributed by atoms with E-state index in [4.69, 9.17) is 12.2 Å². The van der Waals surface area contributed by atoms with Crippen molar-refractivity contribution in [2.24, 2.45) is 0 Å². The number of aliphatic carboxylic acids is 1. The van der Waals surface area contributed by atoms with Crippen LogP contribution in [-0.2, 0) is 17.8 Å². The molecule has 0 saturated heterocycles. The number of benzene rings is 3. The van der Waals surface area contributed by atoms with Crippen molar-refractivity contribution >= 4 is 35.5 Å². The van der Waals surface area contributed by atoms with Crippen LogP contribution in [0.5, 0.6) is 0 Å². The molecule has 0 radical (unpaired) electrons. The zero-order chi connectivity index (χ0) is 24.4. The van der Waals surface area contributed by atoms with Crippen molar-refractivity contribution in [2.45, 2.75) is 25.4 Å². The highest BCUT2D eigenvalue weighted by molar-refractivity contribution is 7.71. The highest BCUT2D eigenvalue weighted by Gasteiger charge is 2.31. The van der Waals surface area contributed by atoms with E-state index in [-0.39, 0.29) is 10.7 Å². The molecular formula is C25H22N6O3S. The van der Waals surface area contributed by atoms with Crippen LogP contribution in [0.15, 0.2) is 72.8 Å². The molecule has 0 bridgehead atoms. The number of aromatic amines is 1. The molecule has 2 heterocycles. The summed E-state index contributed by atoms with van der Waals surface area (Å²) in [5.74, 6) is -1.10. The van der Waals surface area contributed by atoms with E-state index in [1.165, 1.54) is 4.68 Å². The van der Waals surface area contributed by atoms with Gasteiger partial charge in [-0.05, 0) is 72.6 Å². The maximum absolute atomic E-state index is 13.0. The Bertz CT molecular complexity index is 1450. The molecule has 0 saturated carbocycles. The Morgan fingerprint density at radius 1 is 1.09 bits per heavy atom. The molecular weight excluding hydrogens is 464 g/mol. The fourth-order valence-corrected chi connectivity index (χ4v) is 4.53. The standard InChI is InChI=1S/C25H22N6O3S/c32-23(26-19-7-4-8-20(14-19)31-25(35)27-28-29-31)18-10-11-21-17(13-18)9-12-22(24(33)34)30(21)15-16-5-2-1-3-6-16/h1-8,10-11,13-14,22H,9,12,15H2,(H,26,32)(H,33,34)(H,27,29,35). The van der Waals surface area contributed by atoms with Crippen molar-refractivity contribution in [1.29, 1.82) is 0 Å². The van der Waals surface area contributed by atoms with Crippen LogP contribution in [0.2, 0.25) is 0 Å². The third kappa shape index (κ3) is 4.69. The summed E-state index contributed by atoms with van der Waals surface area (Å²) in [6, 6.07) is 21.8. The number of carboxylic acid groups (broad SMARTS) is 1. The summed E-state index contributed by atoms with van der Waals surface area (Å²) in [6.07, 6.45) is 1.06. The van der Waals surface area contributed by atoms with E-state index in [0.717, 1.165) is 16.8 Å². The maximum atomic E-state index is 13.0. The van der Waals surface area contributed by atoms with Crippen LogP contribution in [0.4, 0.5) is 11.4 Å². The van der Waals surface area contributed by atoms with Crippen LogP contribution >= 0.6 is 12.2 Å². The molecule has 1 aliphatic heterocycles. The second-order valence-electron chi connectivity index (χ2n) is 8.27. The van der Waals surface area contributed by atoms with Gasteiger partial charge in [0.2, 0.25) is 4.77 Å². The SMILES string of the molecule is O=C(Nc1cccc(-n2[nH]nnc2=S)c1)c1ccc2c(c1)CCC(C(=O)O)N2Cc1ccccc1. The van der Waals surface area contributed by atoms with Gasteiger partial charge in [-0.15, -0.1) is 0 Å². The molecule has 1 atom stereocenters. The van der Waals surface area contributed by atoms with Crippen LogP contribution in [0.25, 0.3) is 5.69 Å². The van der Waals surface area contributed by atoms with Crippen molar-refractivity contribution in [3.63, 3.8) is 0 Å². The third-order valence-corrected chi connectivity index (χ3v) is 6.29. The number of H-pyrrole nitrogens is 1. The Morgan fingerprint density at radius 3 is 2.66 bits per heavy atom. The van der Waals surface area contributed by atoms with E-state index in [0.29, 0.717) is 36.3 Å². The number of anilines is 2. The van der Waals surface area contributed by atoms with Gasteiger partial charge >= 0.3 is 5.97 Å². The lowest BCUT2D eigenvalue weighted by molar-refractivity contribution is -0.138. The summed E-state index contributed by atoms with van der Waals surface area (Å²) in [5.41, 5.74) is 4.61. The average molecular weight is 487 g/mol. The minimum absolute atomic E-state index is 0.258. The van der Waals surface area contributed by atoms with Gasteiger partial charge < -0.3 is 15.3 Å². The number of fused-ring (bicyclic) bond motifs is 1. The van der Waals surface area contributed by atoms with E-state index in [2.05, 4.69) is 20.8 Å². The third-order valence-electron chi connectivity index (χ3n) is 6.03. The van der Waals surface area contributed by atoms with E-state index in [1.54, 1.807) is 24.3 Å². The smallest absolute Gasteiger partial charge is 0.326 e. The first-order valence-electron chi connectivity index (χ1n) is 11.1. The zero-order valence-corrected chi connectivity index (χ0v) is 19.4. The number of nitrogens with one attached hydrogen (secondary N) is 2. The molecule has 35 heavy (non-hydrogen) atoms. The van der Waals surface area contributed by atoms with Crippen LogP contribution < -0.4 is 10.2 Å². The molecule has 0 aliphatic carbocycles. The minimum atomic E-state index is -0.846. The first-order valence-corrected chi connectivity index (χ1v) is 11.5. The van der Waals surface area contributed by atoms with Crippen molar-refractivity contribution in [1.82, 2.24) is 20.2 Å². The zero-order valence-electron chi connectivity index (χ0n) is 18.6. The normalized spacial score (nSPS) is 14.9. The molecule has 1 unspecified atom stereocenters. The largest absolute Gasteiger partial charge is 0.480 e. The summed E-state index contributed by atoms with van der Waals surface area (Å²) in [4.78, 5) is 26.9. The van der Waals surface area contributed by atoms with Gasteiger partial charge in [0.15, 0.2) is 0 Å². The first kappa shape index (κ1) is 22.5. The van der Waals surface area contributed by atoms with Crippen molar-refractivity contribution in [3.05, 3.63) is 94.3 Å². The average Bonchev–Trinajstić information content (AvgIpc) is 3.30. The minimum Gasteiger partial charge on any atom is -0.480 e. The molecule has 3 aromatic carbocycles. The number of tetrazole rings is 1. The number of rotatable bonds is 6. The summed E-state index contributed by atoms with van der Waals surface area (Å²) in [6.45, 7) is 0.480. The molecule has 10 heteroatoms. The summed E-state index contributed by atoms with van der Waals surface area (Å²) < 4.78 is 1.81. The molecule has 0 fully saturated rings. The Kier molecular flexibility index (Phi) is 6.11. The number of hydrogen-bond donors (Lipinski definition) is 3. The lowest BCUT2D eigenvalue weighted by Gasteiger charge is -2.37. The highest BCUT2D eigenvalue weighted by atomic mass is 32.1. The van der Waals surface area contributed by atoms with Crippen LogP contribution in [0.1, 0.15) is 27.9 Å². The first-order chi connectivity index (χ1) is 17.0. The number of hydrogen-bond acceptors (Lipinski definition) is 6. The molecule has 176 valence electrons. The van der Waals surface area contributed by atoms with Gasteiger partial charge in [0.1, 0.15) is 6.04 Å². The highest BCUT2D eigenvalue weighted by Crippen LogP contribution is 2.33. The number of aromatic nitrogens is 4. The summed E-state index contributed by atoms with van der Waals surface area (Å²) >= 11 is 5.14. The predicted octanol–water partition coefficient (Wildman–Crippen LogP) is 3.98. The van der Waals surface area contributed by atoms with Gasteiger partial charge in [-0.2, -0.15) is 5.21 Å². The van der Waals surface area contributed by atoms with E-state index in [9.17, 15) is 14.7 Å². The van der Waals surface area contributed by atoms with Crippen molar-refractivity contribution in [3.8, 4) is 5.69 Å². The number of amides is 1. The monoisotopic (exact) mass is 486 g/mol. The van der Waals surface area contributed by atoms with Gasteiger partial charge in [-0.25, -0.2) is 9.48 Å². The van der Waals surface area contributed by atoms with Crippen LogP contribution in [0.3, 0.4) is 0 Å². The molecule has 1 amide bonds. The Morgan fingerprint density at radius 2 is 1.91 bits per heavy atom. The topological polar surface area (TPSA) is 116 Å². The maximum Gasteiger partial charge on any atom is 0.326 e. The van der Waals surface area contributed by atoms with Crippen molar-refractivity contribution in [2.75, 3.05) is 10.2 Å². The number of aryl methyl sites for hydroxylation is 1. The summed E-state index contributed by atoms with van der Waals surface area (Å²) in [5, 5.41) is 22.9. The fraction of sp³-hybridized carbons (Fsp3) is 0.160. The van der Waals surface area contributed by atoms with Gasteiger partial charge in [0.25, 0.3) is 5.91 Å². The lowest BCUT2D eigenvalue weighted by atomic mass is 9.93. The lowest BCUT2D eigenvalue weighted by Crippen LogP contribution is -2.44. The molecule has 9 nitrogen and oxygen atoms in total. The molecule has 0 spiro atoms. The molecule has 1 aromatic heterocycles. The van der Waals surface area contributed by atoms with Crippen LogP contribution in [0, 0.1) is 4.77 Å². The van der Waals surface area contributed by atoms with E-state index < -0.39 is 12.0 Å². The van der Waals surface area contributed by atoms with Gasteiger partial charge in [0, 0.05) is 23.5 Å². The second-order valence-corrected chi connectivity index (χ2v) is 8.64. The quantitative estimate of drug-likeness (QED) is 0.353. The molecule has 5 rings (SSSR count). The number of nitrogens with zero attached hydrogens (tertiary/aromatic N) is 4. The second kappa shape index (κ2) is 9.51. The Balaban J connectivity index is 1.39. The Labute approximate surface area is 206 Å². The van der Waals surface area contributed by atoms with Gasteiger partial charge in [-0.3, -0.25) is 4.79 Å². The van der Waals surface area contributed by atoms with E-state index >= 15 is 0 Å². The van der Waals surface area contributed by atoms with Crippen molar-refractivity contribution < 1.29 is 14.7 Å². The number of carbonyl (C=O) groups is 2. The van der Waals surface area contributed by atoms with Gasteiger partial charge in [-0.1, -0.05) is 46.7 Å². The van der Waals surface area contributed by atoms with E-state index in [1.807, 2.05) is 53.4 Å². The molecule has 3 N–H and O–H groups in total. The van der Waals surface area contributed by atoms with Gasteiger partial charge in [0.05, 0.1) is 5.69 Å². The fourth-order valence-electron chi connectivity index (χ4n) is 4.35. The Hall–Kier alpha value is -4.31. The van der Waals surface area contributed by atoms with Crippen LogP contribution in [-0.4, -0.2) is 43.2 Å². The predicted molar refractivity (Wildman–Crippen MR) is 133 cm³/mol. The summed E-state index contributed by atoms with van der Waals surface area (Å²) in [7, 11) is 0.